The molecule has 4 rings (SSSR count). The molecule has 0 unspecified atom stereocenters. The zero-order valence-electron chi connectivity index (χ0n) is 13.8. The van der Waals surface area contributed by atoms with Gasteiger partial charge in [-0.3, -0.25) is 14.2 Å². The van der Waals surface area contributed by atoms with Gasteiger partial charge in [-0.1, -0.05) is 24.3 Å². The fraction of sp³-hybridized carbons (Fsp3) is 0.211. The Morgan fingerprint density at radius 3 is 2.17 bits per heavy atom. The van der Waals surface area contributed by atoms with Crippen LogP contribution in [0.15, 0.2) is 58.1 Å². The molecule has 5 nitrogen and oxygen atoms in total. The molecule has 4 aromatic rings. The lowest BCUT2D eigenvalue weighted by Gasteiger charge is -2.25. The number of para-hydroxylation sites is 2. The van der Waals surface area contributed by atoms with Crippen molar-refractivity contribution < 1.29 is 0 Å². The first-order valence-electron chi connectivity index (χ1n) is 7.85. The topological polar surface area (TPSA) is 56.4 Å². The number of fused-ring (bicyclic) bond motifs is 4. The van der Waals surface area contributed by atoms with Gasteiger partial charge in [0.25, 0.3) is 11.1 Å². The molecule has 2 aromatic heterocycles. The lowest BCUT2D eigenvalue weighted by atomic mass is 10.1. The molecule has 0 aliphatic carbocycles. The predicted molar refractivity (Wildman–Crippen MR) is 95.7 cm³/mol. The molecular weight excluding hydrogens is 302 g/mol. The molecule has 5 heteroatoms. The molecule has 24 heavy (non-hydrogen) atoms. The number of hydrogen-bond donors (Lipinski definition) is 0. The van der Waals surface area contributed by atoms with Crippen LogP contribution in [0.3, 0.4) is 0 Å². The third-order valence-electron chi connectivity index (χ3n) is 4.21. The first-order chi connectivity index (χ1) is 11.4. The van der Waals surface area contributed by atoms with E-state index < -0.39 is 5.54 Å². The molecule has 2 aromatic carbocycles. The van der Waals surface area contributed by atoms with Gasteiger partial charge in [-0.2, -0.15) is 0 Å². The minimum Gasteiger partial charge on any atom is -0.272 e. The number of benzene rings is 2. The van der Waals surface area contributed by atoms with E-state index in [-0.39, 0.29) is 11.1 Å². The second-order valence-corrected chi connectivity index (χ2v) is 6.90. The average molecular weight is 319 g/mol. The zero-order valence-corrected chi connectivity index (χ0v) is 13.8. The Labute approximate surface area is 137 Å². The Balaban J connectivity index is 2.45. The SMILES string of the molecule is CC(C)(C)n1c(=O)c2ccccc2n2c(=O)c3ccccc3nc12. The molecule has 2 heterocycles. The van der Waals surface area contributed by atoms with Gasteiger partial charge in [-0.05, 0) is 45.0 Å². The number of rotatable bonds is 0. The fourth-order valence-corrected chi connectivity index (χ4v) is 3.15. The number of aromatic nitrogens is 3. The standard InChI is InChI=1S/C19H17N3O2/c1-19(2,3)22-17(24)13-9-5-7-11-15(13)21-16(23)12-8-4-6-10-14(12)20-18(21)22/h4-11H,1-3H3. The van der Waals surface area contributed by atoms with E-state index in [1.807, 2.05) is 45.0 Å². The summed E-state index contributed by atoms with van der Waals surface area (Å²) in [5.74, 6) is 0.370. The van der Waals surface area contributed by atoms with Gasteiger partial charge in [0.05, 0.1) is 21.8 Å². The van der Waals surface area contributed by atoms with Crippen LogP contribution in [0.2, 0.25) is 0 Å². The third kappa shape index (κ3) is 1.91. The molecule has 0 radical (unpaired) electrons. The number of nitrogens with zero attached hydrogens (tertiary/aromatic N) is 3. The van der Waals surface area contributed by atoms with Gasteiger partial charge in [0.15, 0.2) is 0 Å². The fourth-order valence-electron chi connectivity index (χ4n) is 3.15. The van der Waals surface area contributed by atoms with Crippen molar-refractivity contribution in [3.8, 4) is 0 Å². The minimum absolute atomic E-state index is 0.139. The van der Waals surface area contributed by atoms with Crippen LogP contribution in [-0.2, 0) is 5.54 Å². The molecule has 0 atom stereocenters. The van der Waals surface area contributed by atoms with E-state index in [2.05, 4.69) is 4.98 Å². The van der Waals surface area contributed by atoms with Crippen molar-refractivity contribution in [2.75, 3.05) is 0 Å². The molecule has 0 saturated carbocycles. The number of hydrogen-bond acceptors (Lipinski definition) is 3. The van der Waals surface area contributed by atoms with Crippen LogP contribution in [0.5, 0.6) is 0 Å². The van der Waals surface area contributed by atoms with Crippen LogP contribution < -0.4 is 11.1 Å². The molecule has 0 fully saturated rings. The summed E-state index contributed by atoms with van der Waals surface area (Å²) in [7, 11) is 0. The van der Waals surface area contributed by atoms with Gasteiger partial charge < -0.3 is 0 Å². The van der Waals surface area contributed by atoms with E-state index in [4.69, 9.17) is 0 Å². The second-order valence-electron chi connectivity index (χ2n) is 6.90. The van der Waals surface area contributed by atoms with E-state index >= 15 is 0 Å². The Bertz CT molecular complexity index is 1230. The Morgan fingerprint density at radius 2 is 1.46 bits per heavy atom. The van der Waals surface area contributed by atoms with Gasteiger partial charge in [0.1, 0.15) is 0 Å². The summed E-state index contributed by atoms with van der Waals surface area (Å²) >= 11 is 0. The first kappa shape index (κ1) is 14.6. The molecule has 0 saturated heterocycles. The minimum atomic E-state index is -0.506. The van der Waals surface area contributed by atoms with Gasteiger partial charge in [-0.15, -0.1) is 0 Å². The highest BCUT2D eigenvalue weighted by Crippen LogP contribution is 2.19. The predicted octanol–water partition coefficient (Wildman–Crippen LogP) is 2.92. The molecule has 120 valence electrons. The van der Waals surface area contributed by atoms with Crippen molar-refractivity contribution in [2.24, 2.45) is 0 Å². The van der Waals surface area contributed by atoms with Gasteiger partial charge in [0, 0.05) is 5.54 Å². The van der Waals surface area contributed by atoms with E-state index in [1.165, 1.54) is 0 Å². The smallest absolute Gasteiger partial charge is 0.267 e. The monoisotopic (exact) mass is 319 g/mol. The van der Waals surface area contributed by atoms with E-state index in [1.54, 1.807) is 33.2 Å². The summed E-state index contributed by atoms with van der Waals surface area (Å²) in [6.07, 6.45) is 0. The summed E-state index contributed by atoms with van der Waals surface area (Å²) in [6.45, 7) is 5.81. The van der Waals surface area contributed by atoms with Crippen molar-refractivity contribution in [2.45, 2.75) is 26.3 Å². The Hall–Kier alpha value is -2.95. The van der Waals surface area contributed by atoms with Crippen LogP contribution in [0.4, 0.5) is 0 Å². The van der Waals surface area contributed by atoms with Crippen LogP contribution in [-0.4, -0.2) is 14.0 Å². The molecular formula is C19H17N3O2. The quantitative estimate of drug-likeness (QED) is 0.370. The lowest BCUT2D eigenvalue weighted by molar-refractivity contribution is 0.392. The molecule has 0 aliphatic rings. The summed E-state index contributed by atoms with van der Waals surface area (Å²) in [5, 5.41) is 1.05. The summed E-state index contributed by atoms with van der Waals surface area (Å²) in [4.78, 5) is 30.8. The molecule has 0 spiro atoms. The van der Waals surface area contributed by atoms with E-state index in [0.29, 0.717) is 27.6 Å². The highest BCUT2D eigenvalue weighted by Gasteiger charge is 2.22. The largest absolute Gasteiger partial charge is 0.272 e. The maximum Gasteiger partial charge on any atom is 0.267 e. The summed E-state index contributed by atoms with van der Waals surface area (Å²) in [5.41, 5.74) is 0.371. The van der Waals surface area contributed by atoms with Crippen molar-refractivity contribution in [1.82, 2.24) is 14.0 Å². The van der Waals surface area contributed by atoms with Crippen LogP contribution in [0.25, 0.3) is 27.6 Å². The average Bonchev–Trinajstić information content (AvgIpc) is 2.54. The van der Waals surface area contributed by atoms with E-state index in [0.717, 1.165) is 0 Å². The highest BCUT2D eigenvalue weighted by molar-refractivity contribution is 5.84. The summed E-state index contributed by atoms with van der Waals surface area (Å²) in [6, 6.07) is 14.4. The zero-order chi connectivity index (χ0) is 17.1. The van der Waals surface area contributed by atoms with Crippen molar-refractivity contribution in [3.05, 3.63) is 69.2 Å². The Morgan fingerprint density at radius 1 is 0.833 bits per heavy atom. The maximum atomic E-state index is 13.1. The van der Waals surface area contributed by atoms with Crippen molar-refractivity contribution in [3.63, 3.8) is 0 Å². The van der Waals surface area contributed by atoms with E-state index in [9.17, 15) is 9.59 Å². The van der Waals surface area contributed by atoms with Crippen molar-refractivity contribution >= 4 is 27.6 Å². The van der Waals surface area contributed by atoms with Crippen LogP contribution in [0, 0.1) is 0 Å². The lowest BCUT2D eigenvalue weighted by Crippen LogP contribution is -2.38. The molecule has 0 N–H and O–H groups in total. The molecule has 0 aliphatic heterocycles. The summed E-state index contributed by atoms with van der Waals surface area (Å²) < 4.78 is 3.15. The Kier molecular flexibility index (Phi) is 2.91. The van der Waals surface area contributed by atoms with Crippen molar-refractivity contribution in [1.29, 1.82) is 0 Å². The van der Waals surface area contributed by atoms with Crippen LogP contribution >= 0.6 is 0 Å². The third-order valence-corrected chi connectivity index (χ3v) is 4.21. The normalized spacial score (nSPS) is 12.3. The molecule has 0 bridgehead atoms. The first-order valence-corrected chi connectivity index (χ1v) is 7.85. The van der Waals surface area contributed by atoms with Gasteiger partial charge in [-0.25, -0.2) is 9.38 Å². The maximum absolute atomic E-state index is 13.1. The molecule has 0 amide bonds. The van der Waals surface area contributed by atoms with Crippen LogP contribution in [0.1, 0.15) is 20.8 Å². The highest BCUT2D eigenvalue weighted by atomic mass is 16.1. The van der Waals surface area contributed by atoms with Gasteiger partial charge >= 0.3 is 0 Å². The second kappa shape index (κ2) is 4.77. The van der Waals surface area contributed by atoms with Gasteiger partial charge in [0.2, 0.25) is 5.78 Å².